The van der Waals surface area contributed by atoms with E-state index in [0.717, 1.165) is 51.1 Å². The number of benzene rings is 1. The van der Waals surface area contributed by atoms with Gasteiger partial charge in [-0.1, -0.05) is 24.3 Å². The molecule has 1 aliphatic heterocycles. The topological polar surface area (TPSA) is 44.7 Å². The highest BCUT2D eigenvalue weighted by molar-refractivity contribution is 5.41. The average molecular weight is 257 g/mol. The van der Waals surface area contributed by atoms with Gasteiger partial charge in [0.1, 0.15) is 0 Å². The molecule has 0 spiro atoms. The van der Waals surface area contributed by atoms with Gasteiger partial charge in [-0.05, 0) is 24.0 Å². The summed E-state index contributed by atoms with van der Waals surface area (Å²) in [5.74, 6) is 0. The zero-order valence-electron chi connectivity index (χ0n) is 11.1. The molecule has 2 aliphatic rings. The SMILES string of the molecule is O=C=NC1(c2ccc(CN3CCNCC3)cc2)CC1. The lowest BCUT2D eigenvalue weighted by atomic mass is 10.0. The van der Waals surface area contributed by atoms with Gasteiger partial charge < -0.3 is 5.32 Å². The molecule has 0 unspecified atom stereocenters. The molecule has 1 saturated carbocycles. The van der Waals surface area contributed by atoms with E-state index in [2.05, 4.69) is 39.5 Å². The first kappa shape index (κ1) is 12.5. The quantitative estimate of drug-likeness (QED) is 0.655. The van der Waals surface area contributed by atoms with Gasteiger partial charge >= 0.3 is 0 Å². The van der Waals surface area contributed by atoms with Crippen molar-refractivity contribution in [2.75, 3.05) is 26.2 Å². The third-order valence-electron chi connectivity index (χ3n) is 4.09. The normalized spacial score (nSPS) is 21.7. The molecular formula is C15H19N3O. The van der Waals surface area contributed by atoms with Crippen molar-refractivity contribution in [3.8, 4) is 0 Å². The fraction of sp³-hybridized carbons (Fsp3) is 0.533. The maximum absolute atomic E-state index is 10.5. The lowest BCUT2D eigenvalue weighted by molar-refractivity contribution is 0.233. The van der Waals surface area contributed by atoms with Crippen molar-refractivity contribution in [1.29, 1.82) is 0 Å². The van der Waals surface area contributed by atoms with Crippen LogP contribution in [-0.2, 0) is 16.9 Å². The van der Waals surface area contributed by atoms with Crippen LogP contribution in [0.15, 0.2) is 29.3 Å². The van der Waals surface area contributed by atoms with Crippen molar-refractivity contribution in [2.24, 2.45) is 4.99 Å². The van der Waals surface area contributed by atoms with Crippen LogP contribution in [0.4, 0.5) is 0 Å². The minimum Gasteiger partial charge on any atom is -0.314 e. The summed E-state index contributed by atoms with van der Waals surface area (Å²) >= 11 is 0. The number of piperazine rings is 1. The first-order chi connectivity index (χ1) is 9.32. The van der Waals surface area contributed by atoms with Crippen LogP contribution in [0.2, 0.25) is 0 Å². The first-order valence-corrected chi connectivity index (χ1v) is 6.94. The van der Waals surface area contributed by atoms with Crippen molar-refractivity contribution in [3.63, 3.8) is 0 Å². The molecule has 1 aliphatic carbocycles. The van der Waals surface area contributed by atoms with E-state index in [4.69, 9.17) is 0 Å². The maximum atomic E-state index is 10.5. The van der Waals surface area contributed by atoms with Gasteiger partial charge in [0.05, 0.1) is 5.54 Å². The Balaban J connectivity index is 1.67. The first-order valence-electron chi connectivity index (χ1n) is 6.94. The minimum atomic E-state index is -0.241. The molecule has 1 aromatic carbocycles. The number of aliphatic imine (C=N–C) groups is 1. The molecule has 4 heteroatoms. The predicted molar refractivity (Wildman–Crippen MR) is 73.6 cm³/mol. The third kappa shape index (κ3) is 2.76. The van der Waals surface area contributed by atoms with Crippen LogP contribution in [0.5, 0.6) is 0 Å². The van der Waals surface area contributed by atoms with Gasteiger partial charge in [0.15, 0.2) is 0 Å². The zero-order valence-corrected chi connectivity index (χ0v) is 11.1. The summed E-state index contributed by atoms with van der Waals surface area (Å²) in [7, 11) is 0. The Bertz CT molecular complexity index is 481. The highest BCUT2D eigenvalue weighted by Crippen LogP contribution is 2.49. The number of nitrogens with one attached hydrogen (secondary N) is 1. The van der Waals surface area contributed by atoms with Gasteiger partial charge in [-0.15, -0.1) is 0 Å². The summed E-state index contributed by atoms with van der Waals surface area (Å²) in [4.78, 5) is 16.9. The summed E-state index contributed by atoms with van der Waals surface area (Å²) in [5, 5.41) is 3.36. The van der Waals surface area contributed by atoms with Crippen LogP contribution in [0.25, 0.3) is 0 Å². The molecule has 0 radical (unpaired) electrons. The number of hydrogen-bond acceptors (Lipinski definition) is 4. The van der Waals surface area contributed by atoms with Crippen molar-refractivity contribution in [1.82, 2.24) is 10.2 Å². The Kier molecular flexibility index (Phi) is 3.47. The van der Waals surface area contributed by atoms with E-state index in [1.54, 1.807) is 6.08 Å². The Morgan fingerprint density at radius 3 is 2.47 bits per heavy atom. The molecule has 4 nitrogen and oxygen atoms in total. The summed E-state index contributed by atoms with van der Waals surface area (Å²) in [5.41, 5.74) is 2.24. The molecular weight excluding hydrogens is 238 g/mol. The van der Waals surface area contributed by atoms with E-state index in [1.807, 2.05) is 0 Å². The lowest BCUT2D eigenvalue weighted by Gasteiger charge is -2.27. The second kappa shape index (κ2) is 5.25. The number of carbonyl (C=O) groups excluding carboxylic acids is 1. The van der Waals surface area contributed by atoms with Gasteiger partial charge in [0.25, 0.3) is 0 Å². The molecule has 1 heterocycles. The van der Waals surface area contributed by atoms with E-state index >= 15 is 0 Å². The van der Waals surface area contributed by atoms with Gasteiger partial charge in [-0.3, -0.25) is 4.90 Å². The maximum Gasteiger partial charge on any atom is 0.235 e. The third-order valence-corrected chi connectivity index (χ3v) is 4.09. The van der Waals surface area contributed by atoms with E-state index in [1.165, 1.54) is 5.56 Å². The van der Waals surface area contributed by atoms with E-state index in [9.17, 15) is 4.79 Å². The van der Waals surface area contributed by atoms with Gasteiger partial charge in [0, 0.05) is 32.7 Å². The molecule has 3 rings (SSSR count). The highest BCUT2D eigenvalue weighted by atomic mass is 16.1. The van der Waals surface area contributed by atoms with Crippen molar-refractivity contribution < 1.29 is 4.79 Å². The highest BCUT2D eigenvalue weighted by Gasteiger charge is 2.44. The fourth-order valence-corrected chi connectivity index (χ4v) is 2.72. The Hall–Kier alpha value is -1.48. The zero-order chi connectivity index (χ0) is 13.1. The van der Waals surface area contributed by atoms with E-state index in [0.29, 0.717) is 0 Å². The second-order valence-electron chi connectivity index (χ2n) is 5.46. The molecule has 19 heavy (non-hydrogen) atoms. The van der Waals surface area contributed by atoms with Crippen LogP contribution >= 0.6 is 0 Å². The van der Waals surface area contributed by atoms with E-state index in [-0.39, 0.29) is 5.54 Å². The number of hydrogen-bond donors (Lipinski definition) is 1. The van der Waals surface area contributed by atoms with Gasteiger partial charge in [-0.2, -0.15) is 4.99 Å². The van der Waals surface area contributed by atoms with Gasteiger partial charge in [-0.25, -0.2) is 4.79 Å². The standard InChI is InChI=1S/C15H19N3O/c19-12-17-15(5-6-15)14-3-1-13(2-4-14)11-18-9-7-16-8-10-18/h1-4,16H,5-11H2. The molecule has 0 aromatic heterocycles. The van der Waals surface area contributed by atoms with Crippen LogP contribution in [0.3, 0.4) is 0 Å². The molecule has 0 atom stereocenters. The van der Waals surface area contributed by atoms with Crippen LogP contribution < -0.4 is 5.32 Å². The molecule has 1 saturated heterocycles. The molecule has 1 aromatic rings. The molecule has 0 amide bonds. The minimum absolute atomic E-state index is 0.241. The smallest absolute Gasteiger partial charge is 0.235 e. The number of nitrogens with zero attached hydrogens (tertiary/aromatic N) is 2. The Morgan fingerprint density at radius 2 is 1.89 bits per heavy atom. The monoisotopic (exact) mass is 257 g/mol. The molecule has 100 valence electrons. The molecule has 0 bridgehead atoms. The van der Waals surface area contributed by atoms with Crippen molar-refractivity contribution in [3.05, 3.63) is 35.4 Å². The van der Waals surface area contributed by atoms with Crippen molar-refractivity contribution in [2.45, 2.75) is 24.9 Å². The number of rotatable bonds is 4. The summed E-state index contributed by atoms with van der Waals surface area (Å²) in [6, 6.07) is 8.56. The molecule has 2 fully saturated rings. The average Bonchev–Trinajstić information content (AvgIpc) is 3.22. The van der Waals surface area contributed by atoms with Crippen molar-refractivity contribution >= 4 is 6.08 Å². The summed E-state index contributed by atoms with van der Waals surface area (Å²) in [6.07, 6.45) is 3.65. The van der Waals surface area contributed by atoms with Crippen LogP contribution in [0, 0.1) is 0 Å². The lowest BCUT2D eigenvalue weighted by Crippen LogP contribution is -2.42. The molecule has 1 N–H and O–H groups in total. The van der Waals surface area contributed by atoms with Crippen LogP contribution in [-0.4, -0.2) is 37.2 Å². The summed E-state index contributed by atoms with van der Waals surface area (Å²) in [6.45, 7) is 5.39. The van der Waals surface area contributed by atoms with Gasteiger partial charge in [0.2, 0.25) is 6.08 Å². The predicted octanol–water partition coefficient (Wildman–Crippen LogP) is 1.42. The largest absolute Gasteiger partial charge is 0.314 e. The Morgan fingerprint density at radius 1 is 1.21 bits per heavy atom. The fourth-order valence-electron chi connectivity index (χ4n) is 2.72. The number of isocyanates is 1. The summed E-state index contributed by atoms with van der Waals surface area (Å²) < 4.78 is 0. The van der Waals surface area contributed by atoms with Crippen LogP contribution in [0.1, 0.15) is 24.0 Å². The Labute approximate surface area is 113 Å². The second-order valence-corrected chi connectivity index (χ2v) is 5.46. The van der Waals surface area contributed by atoms with E-state index < -0.39 is 0 Å².